The van der Waals surface area contributed by atoms with Crippen LogP contribution >= 0.6 is 11.3 Å². The largest absolute Gasteiger partial charge is 0.493 e. The van der Waals surface area contributed by atoms with Crippen molar-refractivity contribution in [2.45, 2.75) is 13.2 Å². The number of para-hydroxylation sites is 2. The first-order valence-corrected chi connectivity index (χ1v) is 11.1. The van der Waals surface area contributed by atoms with E-state index in [0.29, 0.717) is 33.3 Å². The van der Waals surface area contributed by atoms with Gasteiger partial charge in [-0.15, -0.1) is 11.3 Å². The van der Waals surface area contributed by atoms with Gasteiger partial charge in [-0.3, -0.25) is 14.2 Å². The van der Waals surface area contributed by atoms with E-state index in [9.17, 15) is 9.59 Å². The van der Waals surface area contributed by atoms with Crippen LogP contribution in [0, 0.1) is 0 Å². The molecule has 0 aliphatic heterocycles. The summed E-state index contributed by atoms with van der Waals surface area (Å²) in [6.45, 7) is -0.323. The van der Waals surface area contributed by atoms with Crippen LogP contribution in [0.5, 0.6) is 11.5 Å². The van der Waals surface area contributed by atoms with Gasteiger partial charge in [0.2, 0.25) is 5.58 Å². The van der Waals surface area contributed by atoms with Crippen molar-refractivity contribution in [2.24, 2.45) is 0 Å². The Hall–Kier alpha value is -4.18. The number of methoxy groups -OCH3 is 2. The van der Waals surface area contributed by atoms with Crippen molar-refractivity contribution in [1.29, 1.82) is 0 Å². The van der Waals surface area contributed by atoms with Gasteiger partial charge in [-0.25, -0.2) is 9.97 Å². The van der Waals surface area contributed by atoms with Crippen molar-refractivity contribution in [3.63, 3.8) is 0 Å². The summed E-state index contributed by atoms with van der Waals surface area (Å²) in [5, 5.41) is 3.25. The second kappa shape index (κ2) is 8.99. The number of esters is 1. The Labute approximate surface area is 197 Å². The number of furan rings is 1. The molecule has 3 aromatic heterocycles. The molecule has 10 heteroatoms. The number of thiazole rings is 1. The number of benzene rings is 2. The molecule has 3 heterocycles. The minimum absolute atomic E-state index is 0.0311. The van der Waals surface area contributed by atoms with Gasteiger partial charge in [-0.05, 0) is 24.3 Å². The van der Waals surface area contributed by atoms with Gasteiger partial charge in [0.1, 0.15) is 29.3 Å². The van der Waals surface area contributed by atoms with E-state index in [2.05, 4.69) is 9.97 Å². The van der Waals surface area contributed by atoms with Crippen LogP contribution in [-0.4, -0.2) is 34.7 Å². The molecule has 0 fully saturated rings. The molecular formula is C24H19N3O6S. The molecule has 0 unspecified atom stereocenters. The van der Waals surface area contributed by atoms with E-state index in [1.54, 1.807) is 31.7 Å². The van der Waals surface area contributed by atoms with Gasteiger partial charge in [0.25, 0.3) is 5.56 Å². The maximum Gasteiger partial charge on any atom is 0.326 e. The normalized spacial score (nSPS) is 11.1. The van der Waals surface area contributed by atoms with E-state index in [0.717, 1.165) is 10.9 Å². The van der Waals surface area contributed by atoms with E-state index >= 15 is 0 Å². The number of aromatic nitrogens is 3. The minimum Gasteiger partial charge on any atom is -0.493 e. The predicted molar refractivity (Wildman–Crippen MR) is 126 cm³/mol. The molecule has 0 aliphatic carbocycles. The zero-order chi connectivity index (χ0) is 23.7. The Morgan fingerprint density at radius 3 is 2.79 bits per heavy atom. The standard InChI is InChI=1S/C24H19N3O6S/c1-30-18-9-5-7-16(21(18)31-2)23-26-14(12-34-23)11-32-19(28)10-27-13-25-20-15-6-3-4-8-17(15)33-22(20)24(27)29/h3-9,12-13H,10-11H2,1-2H3. The highest BCUT2D eigenvalue weighted by Gasteiger charge is 2.17. The van der Waals surface area contributed by atoms with Crippen molar-refractivity contribution >= 4 is 39.4 Å². The fourth-order valence-corrected chi connectivity index (χ4v) is 4.45. The van der Waals surface area contributed by atoms with Crippen LogP contribution in [0.1, 0.15) is 5.69 Å². The maximum atomic E-state index is 12.8. The van der Waals surface area contributed by atoms with Gasteiger partial charge in [-0.2, -0.15) is 0 Å². The highest BCUT2D eigenvalue weighted by atomic mass is 32.1. The second-order valence-electron chi connectivity index (χ2n) is 7.30. The summed E-state index contributed by atoms with van der Waals surface area (Å²) in [6, 6.07) is 12.8. The lowest BCUT2D eigenvalue weighted by Crippen LogP contribution is -2.25. The molecule has 5 aromatic rings. The van der Waals surface area contributed by atoms with Crippen LogP contribution < -0.4 is 15.0 Å². The van der Waals surface area contributed by atoms with Gasteiger partial charge in [-0.1, -0.05) is 18.2 Å². The lowest BCUT2D eigenvalue weighted by molar-refractivity contribution is -0.145. The number of carbonyl (C=O) groups excluding carboxylic acids is 1. The summed E-state index contributed by atoms with van der Waals surface area (Å²) in [6.07, 6.45) is 1.32. The summed E-state index contributed by atoms with van der Waals surface area (Å²) < 4.78 is 23.0. The quantitative estimate of drug-likeness (QED) is 0.324. The van der Waals surface area contributed by atoms with Gasteiger partial charge in [0.05, 0.1) is 31.8 Å². The molecule has 0 atom stereocenters. The van der Waals surface area contributed by atoms with Crippen LogP contribution in [-0.2, 0) is 22.7 Å². The van der Waals surface area contributed by atoms with Crippen molar-refractivity contribution in [1.82, 2.24) is 14.5 Å². The van der Waals surface area contributed by atoms with Gasteiger partial charge >= 0.3 is 5.97 Å². The molecule has 2 aromatic carbocycles. The van der Waals surface area contributed by atoms with E-state index in [1.165, 1.54) is 22.2 Å². The third kappa shape index (κ3) is 3.88. The Kier molecular flexibility index (Phi) is 5.72. The van der Waals surface area contributed by atoms with E-state index < -0.39 is 11.5 Å². The van der Waals surface area contributed by atoms with E-state index in [1.807, 2.05) is 30.3 Å². The number of hydrogen-bond acceptors (Lipinski definition) is 9. The minimum atomic E-state index is -0.590. The number of ether oxygens (including phenoxy) is 3. The molecule has 0 amide bonds. The molecule has 0 saturated heterocycles. The Balaban J connectivity index is 1.29. The first-order chi connectivity index (χ1) is 16.6. The summed E-state index contributed by atoms with van der Waals surface area (Å²) in [5.74, 6) is 0.590. The van der Waals surface area contributed by atoms with Crippen molar-refractivity contribution in [3.8, 4) is 22.1 Å². The molecule has 5 rings (SSSR count). The third-order valence-electron chi connectivity index (χ3n) is 5.22. The monoisotopic (exact) mass is 477 g/mol. The molecule has 34 heavy (non-hydrogen) atoms. The summed E-state index contributed by atoms with van der Waals surface area (Å²) >= 11 is 1.40. The van der Waals surface area contributed by atoms with E-state index in [-0.39, 0.29) is 18.7 Å². The molecule has 0 saturated carbocycles. The van der Waals surface area contributed by atoms with Crippen LogP contribution in [0.15, 0.2) is 63.4 Å². The molecule has 0 bridgehead atoms. The zero-order valence-corrected chi connectivity index (χ0v) is 19.1. The zero-order valence-electron chi connectivity index (χ0n) is 18.3. The predicted octanol–water partition coefficient (Wildman–Crippen LogP) is 4.03. The fraction of sp³-hybridized carbons (Fsp3) is 0.167. The van der Waals surface area contributed by atoms with Gasteiger partial charge in [0, 0.05) is 10.8 Å². The van der Waals surface area contributed by atoms with Crippen molar-refractivity contribution in [2.75, 3.05) is 14.2 Å². The average molecular weight is 477 g/mol. The lowest BCUT2D eigenvalue weighted by atomic mass is 10.2. The van der Waals surface area contributed by atoms with Crippen molar-refractivity contribution < 1.29 is 23.4 Å². The summed E-state index contributed by atoms with van der Waals surface area (Å²) in [7, 11) is 3.14. The summed E-state index contributed by atoms with van der Waals surface area (Å²) in [5.41, 5.74) is 2.05. The highest BCUT2D eigenvalue weighted by Crippen LogP contribution is 2.39. The molecule has 0 spiro atoms. The smallest absolute Gasteiger partial charge is 0.326 e. The lowest BCUT2D eigenvalue weighted by Gasteiger charge is -2.10. The molecular weight excluding hydrogens is 458 g/mol. The van der Waals surface area contributed by atoms with Crippen LogP contribution in [0.4, 0.5) is 0 Å². The number of nitrogens with zero attached hydrogens (tertiary/aromatic N) is 3. The van der Waals surface area contributed by atoms with Crippen LogP contribution in [0.2, 0.25) is 0 Å². The number of fused-ring (bicyclic) bond motifs is 3. The molecule has 0 radical (unpaired) electrons. The van der Waals surface area contributed by atoms with Gasteiger partial charge in [0.15, 0.2) is 11.5 Å². The molecule has 0 aliphatic rings. The first kappa shape index (κ1) is 21.7. The van der Waals surface area contributed by atoms with Crippen LogP contribution in [0.3, 0.4) is 0 Å². The molecule has 0 N–H and O–H groups in total. The highest BCUT2D eigenvalue weighted by molar-refractivity contribution is 7.13. The SMILES string of the molecule is COc1cccc(-c2nc(COC(=O)Cn3cnc4c(oc5ccccc54)c3=O)cs2)c1OC. The average Bonchev–Trinajstić information content (AvgIpc) is 3.49. The van der Waals surface area contributed by atoms with E-state index in [4.69, 9.17) is 18.6 Å². The first-order valence-electron chi connectivity index (χ1n) is 10.3. The second-order valence-corrected chi connectivity index (χ2v) is 8.16. The fourth-order valence-electron chi connectivity index (χ4n) is 3.62. The number of rotatable bonds is 7. The Bertz CT molecular complexity index is 1570. The number of hydrogen-bond donors (Lipinski definition) is 0. The number of carbonyl (C=O) groups is 1. The molecule has 172 valence electrons. The topological polar surface area (TPSA) is 106 Å². The third-order valence-corrected chi connectivity index (χ3v) is 6.14. The molecule has 9 nitrogen and oxygen atoms in total. The maximum absolute atomic E-state index is 12.8. The summed E-state index contributed by atoms with van der Waals surface area (Å²) in [4.78, 5) is 34.0. The van der Waals surface area contributed by atoms with Crippen molar-refractivity contribution in [3.05, 3.63) is 70.2 Å². The Morgan fingerprint density at radius 1 is 1.12 bits per heavy atom. The Morgan fingerprint density at radius 2 is 1.97 bits per heavy atom. The van der Waals surface area contributed by atoms with Gasteiger partial charge < -0.3 is 18.6 Å². The van der Waals surface area contributed by atoms with Crippen LogP contribution in [0.25, 0.3) is 32.6 Å².